The normalized spacial score (nSPS) is 11.5. The van der Waals surface area contributed by atoms with Gasteiger partial charge in [-0.05, 0) is 25.1 Å². The Morgan fingerprint density at radius 2 is 1.78 bits per heavy atom. The van der Waals surface area contributed by atoms with Crippen molar-refractivity contribution in [2.75, 3.05) is 5.32 Å². The lowest BCUT2D eigenvalue weighted by Crippen LogP contribution is -2.17. The molecule has 27 heavy (non-hydrogen) atoms. The Morgan fingerprint density at radius 1 is 1.11 bits per heavy atom. The summed E-state index contributed by atoms with van der Waals surface area (Å²) >= 11 is 0. The van der Waals surface area contributed by atoms with Crippen molar-refractivity contribution in [1.29, 1.82) is 0 Å². The van der Waals surface area contributed by atoms with Crippen LogP contribution in [0.4, 0.5) is 27.8 Å². The second-order valence-electron chi connectivity index (χ2n) is 5.41. The molecule has 1 N–H and O–H groups in total. The Hall–Kier alpha value is -3.37. The van der Waals surface area contributed by atoms with Crippen molar-refractivity contribution < 1.29 is 26.7 Å². The molecule has 0 unspecified atom stereocenters. The molecular formula is C16H10F5N5O. The first kappa shape index (κ1) is 18.4. The summed E-state index contributed by atoms with van der Waals surface area (Å²) in [6.07, 6.45) is -2.05. The molecule has 0 atom stereocenters. The highest BCUT2D eigenvalue weighted by atomic mass is 19.4. The average Bonchev–Trinajstić information content (AvgIpc) is 2.97. The molecule has 0 bridgehead atoms. The highest BCUT2D eigenvalue weighted by Crippen LogP contribution is 2.29. The molecule has 3 heterocycles. The van der Waals surface area contributed by atoms with Crippen LogP contribution in [0.2, 0.25) is 0 Å². The number of alkyl halides is 3. The van der Waals surface area contributed by atoms with E-state index < -0.39 is 35.0 Å². The predicted molar refractivity (Wildman–Crippen MR) is 83.2 cm³/mol. The molecular weight excluding hydrogens is 373 g/mol. The van der Waals surface area contributed by atoms with E-state index in [1.54, 1.807) is 0 Å². The minimum Gasteiger partial charge on any atom is -0.306 e. The molecule has 0 aliphatic heterocycles. The van der Waals surface area contributed by atoms with Crippen LogP contribution in [0, 0.1) is 18.6 Å². The van der Waals surface area contributed by atoms with Gasteiger partial charge >= 0.3 is 6.18 Å². The van der Waals surface area contributed by atoms with E-state index in [2.05, 4.69) is 20.4 Å². The summed E-state index contributed by atoms with van der Waals surface area (Å²) in [7, 11) is 0. The Bertz CT molecular complexity index is 977. The quantitative estimate of drug-likeness (QED) is 0.703. The van der Waals surface area contributed by atoms with Gasteiger partial charge in [0.2, 0.25) is 0 Å². The summed E-state index contributed by atoms with van der Waals surface area (Å²) < 4.78 is 66.3. The van der Waals surface area contributed by atoms with Crippen molar-refractivity contribution in [2.45, 2.75) is 13.1 Å². The molecule has 0 saturated carbocycles. The van der Waals surface area contributed by atoms with E-state index in [1.165, 1.54) is 19.1 Å². The van der Waals surface area contributed by atoms with Crippen LogP contribution in [0.25, 0.3) is 5.69 Å². The molecule has 1 amide bonds. The van der Waals surface area contributed by atoms with Crippen LogP contribution in [-0.2, 0) is 6.18 Å². The molecule has 3 aromatic heterocycles. The third-order valence-electron chi connectivity index (χ3n) is 3.49. The lowest BCUT2D eigenvalue weighted by molar-refractivity contribution is -0.141. The van der Waals surface area contributed by atoms with E-state index in [9.17, 15) is 26.7 Å². The fourth-order valence-corrected chi connectivity index (χ4v) is 2.27. The first-order valence-electron chi connectivity index (χ1n) is 7.37. The average molecular weight is 383 g/mol. The molecule has 6 nitrogen and oxygen atoms in total. The van der Waals surface area contributed by atoms with E-state index in [-0.39, 0.29) is 17.2 Å². The van der Waals surface area contributed by atoms with Crippen LogP contribution in [0.3, 0.4) is 0 Å². The van der Waals surface area contributed by atoms with Crippen molar-refractivity contribution >= 4 is 11.7 Å². The van der Waals surface area contributed by atoms with Gasteiger partial charge in [-0.25, -0.2) is 18.4 Å². The number of pyridine rings is 2. The number of anilines is 1. The number of hydrogen-bond acceptors (Lipinski definition) is 4. The van der Waals surface area contributed by atoms with E-state index in [4.69, 9.17) is 0 Å². The zero-order valence-electron chi connectivity index (χ0n) is 13.6. The van der Waals surface area contributed by atoms with Gasteiger partial charge in [0.1, 0.15) is 11.4 Å². The Balaban J connectivity index is 1.82. The Labute approximate surface area is 148 Å². The number of halogens is 5. The second kappa shape index (κ2) is 6.74. The molecule has 0 aromatic carbocycles. The van der Waals surface area contributed by atoms with Gasteiger partial charge in [0, 0.05) is 5.69 Å². The number of carbonyl (C=O) groups excluding carboxylic acids is 1. The van der Waals surface area contributed by atoms with Crippen molar-refractivity contribution in [3.05, 3.63) is 65.4 Å². The summed E-state index contributed by atoms with van der Waals surface area (Å²) in [5.74, 6) is -3.42. The smallest absolute Gasteiger partial charge is 0.306 e. The van der Waals surface area contributed by atoms with E-state index in [1.807, 2.05) is 0 Å². The summed E-state index contributed by atoms with van der Waals surface area (Å²) in [6, 6.07) is 3.49. The SMILES string of the molecule is Cc1cc(C(F)(F)F)nn1-c1ccc(NC(=O)c2c(F)cncc2F)nc1. The number of aryl methyl sites for hydroxylation is 1. The number of hydrogen-bond donors (Lipinski definition) is 1. The zero-order chi connectivity index (χ0) is 19.8. The molecule has 0 aliphatic carbocycles. The zero-order valence-corrected chi connectivity index (χ0v) is 13.6. The van der Waals surface area contributed by atoms with Crippen LogP contribution in [0.1, 0.15) is 21.7 Å². The first-order valence-corrected chi connectivity index (χ1v) is 7.37. The number of aromatic nitrogens is 4. The second-order valence-corrected chi connectivity index (χ2v) is 5.41. The number of rotatable bonds is 3. The van der Waals surface area contributed by atoms with Crippen molar-refractivity contribution in [2.24, 2.45) is 0 Å². The fourth-order valence-electron chi connectivity index (χ4n) is 2.27. The highest BCUT2D eigenvalue weighted by Gasteiger charge is 2.34. The van der Waals surface area contributed by atoms with Gasteiger partial charge in [-0.15, -0.1) is 0 Å². The Kier molecular flexibility index (Phi) is 4.60. The van der Waals surface area contributed by atoms with Gasteiger partial charge in [0.05, 0.1) is 24.3 Å². The molecule has 0 radical (unpaired) electrons. The molecule has 3 aromatic rings. The fraction of sp³-hybridized carbons (Fsp3) is 0.125. The van der Waals surface area contributed by atoms with Gasteiger partial charge in [-0.1, -0.05) is 0 Å². The van der Waals surface area contributed by atoms with Gasteiger partial charge in [-0.3, -0.25) is 9.78 Å². The molecule has 0 aliphatic rings. The lowest BCUT2D eigenvalue weighted by atomic mass is 10.2. The van der Waals surface area contributed by atoms with Crippen LogP contribution in [0.5, 0.6) is 0 Å². The van der Waals surface area contributed by atoms with E-state index in [0.717, 1.165) is 16.9 Å². The van der Waals surface area contributed by atoms with Crippen molar-refractivity contribution in [1.82, 2.24) is 19.7 Å². The molecule has 11 heteroatoms. The Morgan fingerprint density at radius 3 is 2.30 bits per heavy atom. The van der Waals surface area contributed by atoms with E-state index >= 15 is 0 Å². The molecule has 140 valence electrons. The molecule has 3 rings (SSSR count). The van der Waals surface area contributed by atoms with E-state index in [0.29, 0.717) is 12.4 Å². The maximum atomic E-state index is 13.5. The van der Waals surface area contributed by atoms with Gasteiger partial charge < -0.3 is 5.32 Å². The summed E-state index contributed by atoms with van der Waals surface area (Å²) in [6.45, 7) is 1.44. The van der Waals surface area contributed by atoms with Crippen molar-refractivity contribution in [3.8, 4) is 5.69 Å². The standard InChI is InChI=1S/C16H10F5N5O/c1-8-4-12(16(19,20)21)25-26(8)9-2-3-13(23-5-9)24-15(27)14-10(17)6-22-7-11(14)18/h2-7H,1H3,(H,23,24,27). The number of nitrogens with one attached hydrogen (secondary N) is 1. The predicted octanol–water partition coefficient (Wildman–Crippen LogP) is 3.52. The minimum absolute atomic E-state index is 0.0554. The van der Waals surface area contributed by atoms with Crippen LogP contribution in [-0.4, -0.2) is 25.7 Å². The van der Waals surface area contributed by atoms with Crippen LogP contribution < -0.4 is 5.32 Å². The van der Waals surface area contributed by atoms with Gasteiger partial charge in [0.25, 0.3) is 5.91 Å². The minimum atomic E-state index is -4.59. The number of carbonyl (C=O) groups is 1. The van der Waals surface area contributed by atoms with Crippen molar-refractivity contribution in [3.63, 3.8) is 0 Å². The number of nitrogens with zero attached hydrogens (tertiary/aromatic N) is 4. The monoisotopic (exact) mass is 383 g/mol. The first-order chi connectivity index (χ1) is 12.7. The third-order valence-corrected chi connectivity index (χ3v) is 3.49. The maximum absolute atomic E-state index is 13.5. The molecule has 0 spiro atoms. The highest BCUT2D eigenvalue weighted by molar-refractivity contribution is 6.04. The number of amides is 1. The maximum Gasteiger partial charge on any atom is 0.435 e. The van der Waals surface area contributed by atoms with Gasteiger partial charge in [0.15, 0.2) is 17.3 Å². The van der Waals surface area contributed by atoms with Gasteiger partial charge in [-0.2, -0.15) is 18.3 Å². The summed E-state index contributed by atoms with van der Waals surface area (Å²) in [5, 5.41) is 5.67. The third kappa shape index (κ3) is 3.76. The van der Waals surface area contributed by atoms with Crippen LogP contribution >= 0.6 is 0 Å². The lowest BCUT2D eigenvalue weighted by Gasteiger charge is -2.08. The summed E-state index contributed by atoms with van der Waals surface area (Å²) in [5.41, 5.74) is -1.45. The van der Waals surface area contributed by atoms with Crippen LogP contribution in [0.15, 0.2) is 36.8 Å². The topological polar surface area (TPSA) is 72.7 Å². The summed E-state index contributed by atoms with van der Waals surface area (Å²) in [4.78, 5) is 19.1. The molecule has 0 saturated heterocycles. The molecule has 0 fully saturated rings. The largest absolute Gasteiger partial charge is 0.435 e.